The van der Waals surface area contributed by atoms with Crippen LogP contribution in [0.5, 0.6) is 0 Å². The van der Waals surface area contributed by atoms with E-state index < -0.39 is 36.4 Å². The molecule has 2 fully saturated rings. The van der Waals surface area contributed by atoms with Gasteiger partial charge in [0.2, 0.25) is 11.8 Å². The summed E-state index contributed by atoms with van der Waals surface area (Å²) in [5.41, 5.74) is 12.7. The zero-order valence-electron chi connectivity index (χ0n) is 25.7. The summed E-state index contributed by atoms with van der Waals surface area (Å²) in [5.74, 6) is -3.45. The molecule has 3 rings (SSSR count). The summed E-state index contributed by atoms with van der Waals surface area (Å²) in [6, 6.07) is 2.40. The summed E-state index contributed by atoms with van der Waals surface area (Å²) in [6.45, 7) is 4.35. The van der Waals surface area contributed by atoms with E-state index in [1.807, 2.05) is 19.9 Å². The van der Waals surface area contributed by atoms with E-state index in [4.69, 9.17) is 31.3 Å². The minimum absolute atomic E-state index is 0.0666. The number of hydrogen-bond acceptors (Lipinski definition) is 7. The number of carbonyl (C=O) groups is 4. The van der Waals surface area contributed by atoms with Crippen molar-refractivity contribution in [1.82, 2.24) is 15.6 Å². The second-order valence-electron chi connectivity index (χ2n) is 11.5. The number of nitrogens with zero attached hydrogens (tertiary/aromatic N) is 1. The smallest absolute Gasteiger partial charge is 0.475 e. The van der Waals surface area contributed by atoms with Gasteiger partial charge in [0.05, 0.1) is 6.04 Å². The summed E-state index contributed by atoms with van der Waals surface area (Å²) in [6.07, 6.45) is 1.85. The summed E-state index contributed by atoms with van der Waals surface area (Å²) in [5, 5.41) is 20.3. The van der Waals surface area contributed by atoms with Crippen LogP contribution in [-0.4, -0.2) is 63.4 Å². The van der Waals surface area contributed by atoms with Crippen LogP contribution in [0.15, 0.2) is 18.3 Å². The Bertz CT molecular complexity index is 1110. The van der Waals surface area contributed by atoms with Crippen LogP contribution in [0.4, 0.5) is 32.2 Å². The highest BCUT2D eigenvalue weighted by Crippen LogP contribution is 2.45. The number of nitrogens with one attached hydrogen (secondary N) is 2. The van der Waals surface area contributed by atoms with Crippen molar-refractivity contribution in [2.45, 2.75) is 103 Å². The van der Waals surface area contributed by atoms with Crippen molar-refractivity contribution in [3.63, 3.8) is 0 Å². The summed E-state index contributed by atoms with van der Waals surface area (Å²) in [4.78, 5) is 47.9. The maximum atomic E-state index is 13.2. The fourth-order valence-corrected chi connectivity index (χ4v) is 5.53. The van der Waals surface area contributed by atoms with Gasteiger partial charge < -0.3 is 32.3 Å². The fourth-order valence-electron chi connectivity index (χ4n) is 5.53. The van der Waals surface area contributed by atoms with Gasteiger partial charge in [-0.1, -0.05) is 64.9 Å². The van der Waals surface area contributed by atoms with Crippen LogP contribution in [0.25, 0.3) is 0 Å². The van der Waals surface area contributed by atoms with Crippen molar-refractivity contribution in [2.24, 2.45) is 29.4 Å². The average molecular weight is 672 g/mol. The lowest BCUT2D eigenvalue weighted by molar-refractivity contribution is -0.193. The van der Waals surface area contributed by atoms with Gasteiger partial charge in [0, 0.05) is 12.7 Å². The molecule has 2 aliphatic carbocycles. The first-order valence-corrected chi connectivity index (χ1v) is 14.9. The van der Waals surface area contributed by atoms with Crippen LogP contribution in [-0.2, 0) is 25.7 Å². The zero-order valence-corrected chi connectivity index (χ0v) is 25.7. The molecule has 2 aliphatic rings. The average Bonchev–Trinajstić information content (AvgIpc) is 2.99. The quantitative estimate of drug-likeness (QED) is 0.206. The number of aromatic nitrogens is 1. The van der Waals surface area contributed by atoms with Gasteiger partial charge in [-0.25, -0.2) is 14.6 Å². The largest absolute Gasteiger partial charge is 0.490 e. The van der Waals surface area contributed by atoms with Crippen LogP contribution in [0.1, 0.15) is 77.2 Å². The van der Waals surface area contributed by atoms with Crippen molar-refractivity contribution >= 4 is 29.6 Å². The van der Waals surface area contributed by atoms with Crippen LogP contribution in [0.2, 0.25) is 0 Å². The first-order chi connectivity index (χ1) is 21.3. The molecule has 0 bridgehead atoms. The summed E-state index contributed by atoms with van der Waals surface area (Å²) < 4.78 is 63.5. The van der Waals surface area contributed by atoms with Crippen molar-refractivity contribution in [3.8, 4) is 0 Å². The molecule has 262 valence electrons. The Morgan fingerprint density at radius 2 is 1.48 bits per heavy atom. The number of rotatable bonds is 9. The molecule has 0 spiro atoms. The number of hydrogen-bond donors (Lipinski definition) is 6. The first kappa shape index (κ1) is 40.4. The van der Waals surface area contributed by atoms with Crippen LogP contribution in [0.3, 0.4) is 0 Å². The summed E-state index contributed by atoms with van der Waals surface area (Å²) >= 11 is 0. The Morgan fingerprint density at radius 1 is 0.935 bits per heavy atom. The molecule has 4 unspecified atom stereocenters. The number of carbonyl (C=O) groups excluding carboxylic acids is 2. The van der Waals surface area contributed by atoms with E-state index in [0.717, 1.165) is 24.3 Å². The molecule has 1 aromatic heterocycles. The van der Waals surface area contributed by atoms with Gasteiger partial charge in [0.15, 0.2) is 0 Å². The van der Waals surface area contributed by atoms with Crippen molar-refractivity contribution in [2.75, 3.05) is 5.73 Å². The number of halogens is 6. The number of nitrogens with two attached hydrogens (primary N) is 2. The summed E-state index contributed by atoms with van der Waals surface area (Å²) in [7, 11) is 0. The standard InChI is InChI=1S/C25H41N5O2.2C2HF3O2/c1-3-16(2)23(27)25(32)30-21(24(31)29-15-17-11-12-22(26)28-14-17)13-19-9-6-8-18-7-4-5-10-20(18)19;2*3-2(4,5)1(6)7/h11-12,14,16,18-21,23H,3-10,13,15,27H2,1-2H3,(H2,26,28)(H,29,31)(H,30,32);2*(H,6,7)/t16?,18?,19?,20?,21-,23+;;/m0../s1. The first-order valence-electron chi connectivity index (χ1n) is 14.9. The molecule has 1 aromatic rings. The number of aliphatic carboxylic acids is 2. The highest BCUT2D eigenvalue weighted by molar-refractivity contribution is 5.89. The Kier molecular flexibility index (Phi) is 16.2. The number of pyridine rings is 1. The molecule has 0 radical (unpaired) electrons. The second kappa shape index (κ2) is 18.5. The fraction of sp³-hybridized carbons (Fsp3) is 0.690. The van der Waals surface area contributed by atoms with E-state index in [1.54, 1.807) is 12.3 Å². The lowest BCUT2D eigenvalue weighted by atomic mass is 9.64. The van der Waals surface area contributed by atoms with Gasteiger partial charge in [-0.15, -0.1) is 0 Å². The number of amides is 2. The Morgan fingerprint density at radius 3 is 1.98 bits per heavy atom. The second-order valence-corrected chi connectivity index (χ2v) is 11.5. The maximum absolute atomic E-state index is 13.2. The lowest BCUT2D eigenvalue weighted by Gasteiger charge is -2.42. The SMILES string of the molecule is CCC(C)[C@@H](N)C(=O)N[C@@H](CC1CCCC2CCCCC21)C(=O)NCc1ccc(N)nc1.O=C(O)C(F)(F)F.O=C(O)C(F)(F)F. The minimum atomic E-state index is -5.08. The van der Waals surface area contributed by atoms with Crippen molar-refractivity contribution in [3.05, 3.63) is 23.9 Å². The molecule has 6 atom stereocenters. The highest BCUT2D eigenvalue weighted by atomic mass is 19.4. The van der Waals surface area contributed by atoms with Crippen molar-refractivity contribution in [1.29, 1.82) is 0 Å². The van der Waals surface area contributed by atoms with E-state index in [-0.39, 0.29) is 17.7 Å². The predicted octanol–water partition coefficient (Wildman–Crippen LogP) is 4.40. The molecule has 0 aliphatic heterocycles. The monoisotopic (exact) mass is 671 g/mol. The molecule has 11 nitrogen and oxygen atoms in total. The van der Waals surface area contributed by atoms with Crippen LogP contribution in [0, 0.1) is 23.7 Å². The molecule has 8 N–H and O–H groups in total. The third kappa shape index (κ3) is 14.2. The van der Waals surface area contributed by atoms with Crippen LogP contribution < -0.4 is 22.1 Å². The minimum Gasteiger partial charge on any atom is -0.475 e. The molecule has 2 saturated carbocycles. The van der Waals surface area contributed by atoms with E-state index in [9.17, 15) is 35.9 Å². The Balaban J connectivity index is 0.000000629. The lowest BCUT2D eigenvalue weighted by Crippen LogP contribution is -2.54. The number of anilines is 1. The van der Waals surface area contributed by atoms with E-state index >= 15 is 0 Å². The molecule has 0 saturated heterocycles. The maximum Gasteiger partial charge on any atom is 0.490 e. The third-order valence-electron chi connectivity index (χ3n) is 8.25. The zero-order chi connectivity index (χ0) is 35.2. The molecule has 17 heteroatoms. The number of fused-ring (bicyclic) bond motifs is 1. The molecule has 46 heavy (non-hydrogen) atoms. The van der Waals surface area contributed by atoms with Crippen molar-refractivity contribution < 1.29 is 55.7 Å². The van der Waals surface area contributed by atoms with Gasteiger partial charge in [-0.05, 0) is 48.1 Å². The van der Waals surface area contributed by atoms with E-state index in [2.05, 4.69) is 15.6 Å². The van der Waals surface area contributed by atoms with Gasteiger partial charge in [-0.2, -0.15) is 26.3 Å². The number of carboxylic acid groups (broad SMARTS) is 2. The number of carboxylic acids is 2. The van der Waals surface area contributed by atoms with Gasteiger partial charge in [0.1, 0.15) is 11.9 Å². The topological polar surface area (TPSA) is 198 Å². The molecular formula is C29H43F6N5O6. The number of nitrogen functional groups attached to an aromatic ring is 1. The number of alkyl halides is 6. The Hall–Kier alpha value is -3.63. The third-order valence-corrected chi connectivity index (χ3v) is 8.25. The van der Waals surface area contributed by atoms with Gasteiger partial charge >= 0.3 is 24.3 Å². The van der Waals surface area contributed by atoms with Crippen LogP contribution >= 0.6 is 0 Å². The van der Waals surface area contributed by atoms with Gasteiger partial charge in [0.25, 0.3) is 0 Å². The normalized spacial score (nSPS) is 21.4. The molecular weight excluding hydrogens is 628 g/mol. The molecule has 0 aromatic carbocycles. The predicted molar refractivity (Wildman–Crippen MR) is 155 cm³/mol. The van der Waals surface area contributed by atoms with E-state index in [1.165, 1.54) is 38.5 Å². The highest BCUT2D eigenvalue weighted by Gasteiger charge is 2.39. The van der Waals surface area contributed by atoms with E-state index in [0.29, 0.717) is 30.6 Å². The molecule has 1 heterocycles. The molecule has 2 amide bonds. The Labute approximate surface area is 262 Å². The van der Waals surface area contributed by atoms with Gasteiger partial charge in [-0.3, -0.25) is 9.59 Å².